The lowest BCUT2D eigenvalue weighted by molar-refractivity contribution is -0.123. The summed E-state index contributed by atoms with van der Waals surface area (Å²) in [4.78, 5) is 39.0. The molecule has 212 valence electrons. The van der Waals surface area contributed by atoms with Gasteiger partial charge in [-0.05, 0) is 68.3 Å². The SMILES string of the molecule is CC(C)(C)OC(=O)NC[C@H](NC(=O)c1ccc(C#C/C=C/c2ccc(CN3CCOCC3)cc2)cc1)C(=O)CO. The lowest BCUT2D eigenvalue weighted by Gasteiger charge is -2.26. The van der Waals surface area contributed by atoms with Gasteiger partial charge in [0.05, 0.1) is 13.2 Å². The molecule has 3 rings (SSSR count). The highest BCUT2D eigenvalue weighted by molar-refractivity contribution is 5.98. The van der Waals surface area contributed by atoms with Crippen molar-refractivity contribution >= 4 is 23.9 Å². The molecule has 1 atom stereocenters. The van der Waals surface area contributed by atoms with Crippen LogP contribution in [0.2, 0.25) is 0 Å². The zero-order valence-electron chi connectivity index (χ0n) is 23.2. The molecule has 9 nitrogen and oxygen atoms in total. The van der Waals surface area contributed by atoms with Crippen LogP contribution in [-0.2, 0) is 20.8 Å². The molecule has 1 fully saturated rings. The number of aliphatic hydroxyl groups excluding tert-OH is 1. The number of benzene rings is 2. The third-order valence-electron chi connectivity index (χ3n) is 5.91. The molecule has 0 spiro atoms. The van der Waals surface area contributed by atoms with Crippen molar-refractivity contribution in [2.45, 2.75) is 39.0 Å². The third kappa shape index (κ3) is 10.7. The van der Waals surface area contributed by atoms with E-state index < -0.39 is 36.0 Å². The first-order valence-corrected chi connectivity index (χ1v) is 13.2. The lowest BCUT2D eigenvalue weighted by Crippen LogP contribution is -2.50. The number of ketones is 1. The molecule has 0 saturated carbocycles. The number of carbonyl (C=O) groups excluding carboxylic acids is 3. The van der Waals surface area contributed by atoms with Crippen LogP contribution in [0.25, 0.3) is 6.08 Å². The summed E-state index contributed by atoms with van der Waals surface area (Å²) >= 11 is 0. The van der Waals surface area contributed by atoms with Crippen LogP contribution in [0.3, 0.4) is 0 Å². The summed E-state index contributed by atoms with van der Waals surface area (Å²) in [5, 5.41) is 14.2. The Labute approximate surface area is 235 Å². The molecule has 2 amide bonds. The largest absolute Gasteiger partial charge is 0.444 e. The van der Waals surface area contributed by atoms with E-state index in [1.165, 1.54) is 5.56 Å². The Balaban J connectivity index is 1.51. The second-order valence-corrected chi connectivity index (χ2v) is 10.3. The molecule has 1 heterocycles. The van der Waals surface area contributed by atoms with Crippen LogP contribution in [0, 0.1) is 11.8 Å². The van der Waals surface area contributed by atoms with Crippen molar-refractivity contribution in [2.24, 2.45) is 0 Å². The normalized spacial score (nSPS) is 14.6. The monoisotopic (exact) mass is 547 g/mol. The van der Waals surface area contributed by atoms with Crippen LogP contribution < -0.4 is 10.6 Å². The van der Waals surface area contributed by atoms with Gasteiger partial charge in [-0.2, -0.15) is 0 Å². The lowest BCUT2D eigenvalue weighted by atomic mass is 10.1. The Morgan fingerprint density at radius 3 is 2.38 bits per heavy atom. The zero-order valence-corrected chi connectivity index (χ0v) is 23.2. The zero-order chi connectivity index (χ0) is 29.0. The minimum absolute atomic E-state index is 0.216. The summed E-state index contributed by atoms with van der Waals surface area (Å²) < 4.78 is 10.5. The number of rotatable bonds is 9. The minimum Gasteiger partial charge on any atom is -0.444 e. The first-order chi connectivity index (χ1) is 19.1. The van der Waals surface area contributed by atoms with Crippen molar-refractivity contribution in [3.63, 3.8) is 0 Å². The number of ether oxygens (including phenoxy) is 2. The Hall–Kier alpha value is -3.97. The average molecular weight is 548 g/mol. The van der Waals surface area contributed by atoms with Crippen LogP contribution >= 0.6 is 0 Å². The standard InChI is InChI=1S/C31H37N3O6/c1-31(2,3)40-30(38)32-20-27(28(36)22-35)33-29(37)26-14-12-24(13-15-26)7-5-4-6-23-8-10-25(11-9-23)21-34-16-18-39-19-17-34/h4,6,8-15,27,35H,16-22H2,1-3H3,(H,32,38)(H,33,37)/b6-4+/t27-/m0/s1. The van der Waals surface area contributed by atoms with Gasteiger partial charge in [-0.25, -0.2) is 4.79 Å². The van der Waals surface area contributed by atoms with E-state index in [1.54, 1.807) is 51.1 Å². The first kappa shape index (κ1) is 30.6. The number of Topliss-reactive ketones (excluding diaryl/α,β-unsaturated/α-hetero) is 1. The Morgan fingerprint density at radius 2 is 1.75 bits per heavy atom. The van der Waals surface area contributed by atoms with Crippen molar-refractivity contribution in [1.82, 2.24) is 15.5 Å². The molecule has 0 aromatic heterocycles. The van der Waals surface area contributed by atoms with Crippen LogP contribution in [0.5, 0.6) is 0 Å². The van der Waals surface area contributed by atoms with Crippen LogP contribution in [0.1, 0.15) is 47.8 Å². The number of hydrogen-bond donors (Lipinski definition) is 3. The molecule has 0 radical (unpaired) electrons. The predicted molar refractivity (Wildman–Crippen MR) is 152 cm³/mol. The summed E-state index contributed by atoms with van der Waals surface area (Å²) in [5.74, 6) is 4.88. The Kier molecular flexibility index (Phi) is 11.5. The molecule has 9 heteroatoms. The number of nitrogens with zero attached hydrogens (tertiary/aromatic N) is 1. The van der Waals surface area contributed by atoms with Crippen molar-refractivity contribution in [3.05, 3.63) is 76.9 Å². The van der Waals surface area contributed by atoms with E-state index in [4.69, 9.17) is 9.47 Å². The highest BCUT2D eigenvalue weighted by atomic mass is 16.6. The fourth-order valence-corrected chi connectivity index (χ4v) is 3.82. The minimum atomic E-state index is -1.11. The quantitative estimate of drug-likeness (QED) is 0.414. The maximum Gasteiger partial charge on any atom is 0.407 e. The van der Waals surface area contributed by atoms with Crippen LogP contribution in [-0.4, -0.2) is 78.9 Å². The average Bonchev–Trinajstić information content (AvgIpc) is 2.93. The van der Waals surface area contributed by atoms with Gasteiger partial charge in [-0.3, -0.25) is 14.5 Å². The number of hydrogen-bond acceptors (Lipinski definition) is 7. The van der Waals surface area contributed by atoms with Crippen molar-refractivity contribution in [2.75, 3.05) is 39.5 Å². The van der Waals surface area contributed by atoms with Gasteiger partial charge in [0.2, 0.25) is 0 Å². The number of aliphatic hydroxyl groups is 1. The van der Waals surface area contributed by atoms with Gasteiger partial charge in [0.1, 0.15) is 18.2 Å². The van der Waals surface area contributed by atoms with Crippen LogP contribution in [0.15, 0.2) is 54.6 Å². The van der Waals surface area contributed by atoms with Gasteiger partial charge >= 0.3 is 6.09 Å². The number of alkyl carbamates (subject to hydrolysis) is 1. The molecule has 0 bridgehead atoms. The van der Waals surface area contributed by atoms with Crippen molar-refractivity contribution in [3.8, 4) is 11.8 Å². The molecule has 2 aromatic rings. The number of amides is 2. The van der Waals surface area contributed by atoms with E-state index in [1.807, 2.05) is 6.08 Å². The maximum atomic E-state index is 12.7. The third-order valence-corrected chi connectivity index (χ3v) is 5.91. The van der Waals surface area contributed by atoms with Gasteiger partial charge < -0.3 is 25.2 Å². The summed E-state index contributed by atoms with van der Waals surface area (Å²) in [5.41, 5.74) is 2.64. The summed E-state index contributed by atoms with van der Waals surface area (Å²) in [6.07, 6.45) is 2.99. The number of nitrogens with one attached hydrogen (secondary N) is 2. The topological polar surface area (TPSA) is 117 Å². The van der Waals surface area contributed by atoms with E-state index in [0.717, 1.165) is 44.0 Å². The predicted octanol–water partition coefficient (Wildman–Crippen LogP) is 2.77. The molecule has 0 aliphatic carbocycles. The van der Waals surface area contributed by atoms with Gasteiger partial charge in [0, 0.05) is 37.3 Å². The molecule has 40 heavy (non-hydrogen) atoms. The van der Waals surface area contributed by atoms with E-state index >= 15 is 0 Å². The number of morpholine rings is 1. The molecule has 2 aromatic carbocycles. The van der Waals surface area contributed by atoms with Gasteiger partial charge in [-0.1, -0.05) is 36.1 Å². The Bertz CT molecular complexity index is 1230. The second-order valence-electron chi connectivity index (χ2n) is 10.3. The molecule has 1 aliphatic heterocycles. The maximum absolute atomic E-state index is 12.7. The highest BCUT2D eigenvalue weighted by Crippen LogP contribution is 2.11. The fourth-order valence-electron chi connectivity index (χ4n) is 3.82. The molecular formula is C31H37N3O6. The summed E-state index contributed by atoms with van der Waals surface area (Å²) in [7, 11) is 0. The molecule has 1 aliphatic rings. The highest BCUT2D eigenvalue weighted by Gasteiger charge is 2.23. The molecule has 3 N–H and O–H groups in total. The Morgan fingerprint density at radius 1 is 1.07 bits per heavy atom. The van der Waals surface area contributed by atoms with E-state index in [2.05, 4.69) is 51.6 Å². The van der Waals surface area contributed by atoms with Crippen molar-refractivity contribution < 1.29 is 29.0 Å². The van der Waals surface area contributed by atoms with Gasteiger partial charge in [0.15, 0.2) is 5.78 Å². The first-order valence-electron chi connectivity index (χ1n) is 13.2. The molecular weight excluding hydrogens is 510 g/mol. The number of allylic oxidation sites excluding steroid dienone is 1. The number of carbonyl (C=O) groups is 3. The van der Waals surface area contributed by atoms with Crippen LogP contribution in [0.4, 0.5) is 4.79 Å². The fraction of sp³-hybridized carbons (Fsp3) is 0.387. The molecule has 0 unspecified atom stereocenters. The van der Waals surface area contributed by atoms with Crippen molar-refractivity contribution in [1.29, 1.82) is 0 Å². The smallest absolute Gasteiger partial charge is 0.407 e. The van der Waals surface area contributed by atoms with Gasteiger partial charge in [0.25, 0.3) is 5.91 Å². The summed E-state index contributed by atoms with van der Waals surface area (Å²) in [6.45, 7) is 8.55. The van der Waals surface area contributed by atoms with Gasteiger partial charge in [-0.15, -0.1) is 0 Å². The van der Waals surface area contributed by atoms with E-state index in [0.29, 0.717) is 5.56 Å². The second kappa shape index (κ2) is 15.0. The van der Waals surface area contributed by atoms with E-state index in [9.17, 15) is 19.5 Å². The molecule has 1 saturated heterocycles. The summed E-state index contributed by atoms with van der Waals surface area (Å²) in [6, 6.07) is 13.9. The van der Waals surface area contributed by atoms with E-state index in [-0.39, 0.29) is 6.54 Å².